The Bertz CT molecular complexity index is 429. The molecule has 0 fully saturated rings. The second kappa shape index (κ2) is 3.09. The summed E-state index contributed by atoms with van der Waals surface area (Å²) in [6.07, 6.45) is 8.19. The molecule has 3 rings (SSSR count). The monoisotopic (exact) mass is 179 g/mol. The smallest absolute Gasteiger partial charge is 0.0705 e. The van der Waals surface area contributed by atoms with E-state index in [1.807, 2.05) is 12.1 Å². The average molecular weight is 179 g/mol. The summed E-state index contributed by atoms with van der Waals surface area (Å²) >= 11 is 0. The topological polar surface area (TPSA) is 12.9 Å². The van der Waals surface area contributed by atoms with E-state index in [1.165, 1.54) is 5.39 Å². The molecule has 1 aromatic heterocycles. The minimum atomic E-state index is 0.943. The maximum Gasteiger partial charge on any atom is 0.0705 e. The molecule has 4 radical (unpaired) electrons. The molecule has 1 aliphatic carbocycles. The van der Waals surface area contributed by atoms with Gasteiger partial charge in [0.1, 0.15) is 0 Å². The van der Waals surface area contributed by atoms with Crippen molar-refractivity contribution >= 4 is 10.9 Å². The van der Waals surface area contributed by atoms with E-state index < -0.39 is 0 Å². The molecule has 0 unspecified atom stereocenters. The van der Waals surface area contributed by atoms with Gasteiger partial charge in [-0.2, -0.15) is 0 Å². The molecule has 1 aromatic carbocycles. The zero-order chi connectivity index (χ0) is 9.38. The van der Waals surface area contributed by atoms with E-state index in [1.54, 1.807) is 0 Å². The first kappa shape index (κ1) is 7.98. The van der Waals surface area contributed by atoms with Gasteiger partial charge in [-0.15, -0.1) is 0 Å². The lowest BCUT2D eigenvalue weighted by atomic mass is 9.95. The third-order valence-corrected chi connectivity index (χ3v) is 2.51. The predicted molar refractivity (Wildman–Crippen MR) is 55.7 cm³/mol. The number of aromatic nitrogens is 1. The van der Waals surface area contributed by atoms with E-state index >= 15 is 0 Å². The first-order valence-corrected chi connectivity index (χ1v) is 4.81. The van der Waals surface area contributed by atoms with Gasteiger partial charge < -0.3 is 0 Å². The molecule has 1 heteroatoms. The molecule has 0 aliphatic heterocycles. The van der Waals surface area contributed by atoms with Crippen LogP contribution < -0.4 is 0 Å². The van der Waals surface area contributed by atoms with Crippen molar-refractivity contribution in [1.29, 1.82) is 0 Å². The van der Waals surface area contributed by atoms with E-state index in [2.05, 4.69) is 36.0 Å². The lowest BCUT2D eigenvalue weighted by Gasteiger charge is -2.13. The molecule has 0 bridgehead atoms. The number of rotatable bonds is 0. The molecule has 1 aliphatic rings. The quantitative estimate of drug-likeness (QED) is 0.606. The molecule has 0 spiro atoms. The second-order valence-corrected chi connectivity index (χ2v) is 3.48. The number of hydrogen-bond acceptors (Lipinski definition) is 1. The highest BCUT2D eigenvalue weighted by Crippen LogP contribution is 2.24. The third-order valence-electron chi connectivity index (χ3n) is 2.51. The summed E-state index contributed by atoms with van der Waals surface area (Å²) in [6, 6.07) is 10.3. The Morgan fingerprint density at radius 3 is 3.14 bits per heavy atom. The van der Waals surface area contributed by atoms with Crippen molar-refractivity contribution in [2.24, 2.45) is 0 Å². The van der Waals surface area contributed by atoms with Crippen LogP contribution in [0.3, 0.4) is 0 Å². The Balaban J connectivity index is 2.27. The van der Waals surface area contributed by atoms with Gasteiger partial charge >= 0.3 is 0 Å². The predicted octanol–water partition coefficient (Wildman–Crippen LogP) is 2.69. The molecule has 1 nitrogen and oxygen atoms in total. The van der Waals surface area contributed by atoms with Crippen LogP contribution >= 0.6 is 0 Å². The summed E-state index contributed by atoms with van der Waals surface area (Å²) in [7, 11) is 0. The summed E-state index contributed by atoms with van der Waals surface area (Å²) in [4.78, 5) is 4.61. The first-order chi connectivity index (χ1) is 6.93. The summed E-state index contributed by atoms with van der Waals surface area (Å²) in [5, 5.41) is 1.18. The molecule has 0 saturated carbocycles. The summed E-state index contributed by atoms with van der Waals surface area (Å²) in [5.74, 6) is 0. The number of pyridine rings is 1. The van der Waals surface area contributed by atoms with E-state index in [4.69, 9.17) is 0 Å². The molecule has 0 atom stereocenters. The van der Waals surface area contributed by atoms with Crippen LogP contribution in [0, 0.1) is 12.8 Å². The van der Waals surface area contributed by atoms with Crippen LogP contribution in [0.1, 0.15) is 17.7 Å². The minimum Gasteiger partial charge on any atom is -0.253 e. The average Bonchev–Trinajstić information content (AvgIpc) is 2.26. The number of nitrogens with zero attached hydrogens (tertiary/aromatic N) is 1. The van der Waals surface area contributed by atoms with Crippen LogP contribution in [0.15, 0.2) is 30.3 Å². The van der Waals surface area contributed by atoms with Gasteiger partial charge in [-0.25, -0.2) is 0 Å². The van der Waals surface area contributed by atoms with Gasteiger partial charge in [0.05, 0.1) is 5.52 Å². The Morgan fingerprint density at radius 2 is 2.14 bits per heavy atom. The number of benzene rings is 1. The van der Waals surface area contributed by atoms with E-state index in [9.17, 15) is 0 Å². The number of aryl methyl sites for hydroxylation is 1. The van der Waals surface area contributed by atoms with Gasteiger partial charge in [0.25, 0.3) is 0 Å². The fourth-order valence-corrected chi connectivity index (χ4v) is 1.79. The van der Waals surface area contributed by atoms with Crippen LogP contribution in [0.4, 0.5) is 0 Å². The molecule has 0 amide bonds. The van der Waals surface area contributed by atoms with Gasteiger partial charge in [0.15, 0.2) is 0 Å². The zero-order valence-corrected chi connectivity index (χ0v) is 7.75. The van der Waals surface area contributed by atoms with Crippen molar-refractivity contribution in [2.75, 3.05) is 0 Å². The van der Waals surface area contributed by atoms with E-state index in [-0.39, 0.29) is 0 Å². The van der Waals surface area contributed by atoms with E-state index in [0.29, 0.717) is 0 Å². The Morgan fingerprint density at radius 1 is 1.21 bits per heavy atom. The summed E-state index contributed by atoms with van der Waals surface area (Å²) in [6.45, 7) is 0. The molecular formula is C13H9N. The van der Waals surface area contributed by atoms with Crippen LogP contribution in [0.25, 0.3) is 10.9 Å². The van der Waals surface area contributed by atoms with Crippen LogP contribution in [0.2, 0.25) is 0 Å². The summed E-state index contributed by atoms with van der Waals surface area (Å²) in [5.41, 5.74) is 3.34. The van der Waals surface area contributed by atoms with Crippen molar-refractivity contribution < 1.29 is 0 Å². The summed E-state index contributed by atoms with van der Waals surface area (Å²) < 4.78 is 0. The Kier molecular flexibility index (Phi) is 1.76. The number of fused-ring (bicyclic) bond motifs is 2. The van der Waals surface area contributed by atoms with Crippen LogP contribution in [-0.2, 0) is 6.42 Å². The lowest BCUT2D eigenvalue weighted by molar-refractivity contribution is 0.866. The number of para-hydroxylation sites is 1. The molecule has 66 valence electrons. The Hall–Kier alpha value is -1.37. The first-order valence-electron chi connectivity index (χ1n) is 4.81. The lowest BCUT2D eigenvalue weighted by Crippen LogP contribution is -2.03. The zero-order valence-electron chi connectivity index (χ0n) is 7.75. The highest BCUT2D eigenvalue weighted by atomic mass is 14.7. The van der Waals surface area contributed by atoms with Crippen molar-refractivity contribution in [3.63, 3.8) is 0 Å². The van der Waals surface area contributed by atoms with Gasteiger partial charge in [-0.1, -0.05) is 18.2 Å². The molecule has 1 heterocycles. The normalized spacial score (nSPS) is 15.4. The second-order valence-electron chi connectivity index (χ2n) is 3.48. The fraction of sp³-hybridized carbons (Fsp3) is 0.154. The highest BCUT2D eigenvalue weighted by Gasteiger charge is 2.12. The van der Waals surface area contributed by atoms with Gasteiger partial charge in [-0.05, 0) is 37.0 Å². The maximum absolute atomic E-state index is 4.61. The van der Waals surface area contributed by atoms with Gasteiger partial charge in [0.2, 0.25) is 0 Å². The Labute approximate surface area is 83.8 Å². The maximum atomic E-state index is 4.61. The molecule has 2 aromatic rings. The fourth-order valence-electron chi connectivity index (χ4n) is 1.79. The van der Waals surface area contributed by atoms with Gasteiger partial charge in [-0.3, -0.25) is 4.98 Å². The molecule has 14 heavy (non-hydrogen) atoms. The standard InChI is InChI=1S/C13H9N/c1-3-7-12-10(5-1)9-11-6-2-4-8-13(11)14-12/h1,3,5,7,9H,4,8H2. The third kappa shape index (κ3) is 1.20. The van der Waals surface area contributed by atoms with Crippen LogP contribution in [0.5, 0.6) is 0 Å². The van der Waals surface area contributed by atoms with Crippen molar-refractivity contribution in [3.8, 4) is 0 Å². The molecular weight excluding hydrogens is 170 g/mol. The minimum absolute atomic E-state index is 0.943. The van der Waals surface area contributed by atoms with Gasteiger partial charge in [0, 0.05) is 17.5 Å². The SMILES string of the molecule is [C]1[C]c2cc3ccccc3nc2CC1. The van der Waals surface area contributed by atoms with Crippen molar-refractivity contribution in [1.82, 2.24) is 4.98 Å². The number of hydrogen-bond donors (Lipinski definition) is 0. The van der Waals surface area contributed by atoms with Crippen LogP contribution in [-0.4, -0.2) is 4.98 Å². The molecule has 0 N–H and O–H groups in total. The largest absolute Gasteiger partial charge is 0.253 e. The van der Waals surface area contributed by atoms with Crippen molar-refractivity contribution in [2.45, 2.75) is 12.8 Å². The molecule has 0 saturated heterocycles. The highest BCUT2D eigenvalue weighted by molar-refractivity contribution is 5.80. The van der Waals surface area contributed by atoms with E-state index in [0.717, 1.165) is 29.6 Å². The van der Waals surface area contributed by atoms with Crippen molar-refractivity contribution in [3.05, 3.63) is 54.4 Å².